The Morgan fingerprint density at radius 3 is 2.27 bits per heavy atom. The molecule has 0 bridgehead atoms. The SMILES string of the molecule is CNCC(=O)Nc1c(C)cccc1C.Cl. The highest BCUT2D eigenvalue weighted by atomic mass is 35.5. The first-order valence-corrected chi connectivity index (χ1v) is 4.66. The van der Waals surface area contributed by atoms with Crippen molar-refractivity contribution in [3.8, 4) is 0 Å². The topological polar surface area (TPSA) is 41.1 Å². The van der Waals surface area contributed by atoms with Crippen LogP contribution in [0.3, 0.4) is 0 Å². The van der Waals surface area contributed by atoms with Gasteiger partial charge in [0.05, 0.1) is 6.54 Å². The van der Waals surface area contributed by atoms with Gasteiger partial charge >= 0.3 is 0 Å². The molecule has 1 rings (SSSR count). The van der Waals surface area contributed by atoms with Crippen molar-refractivity contribution in [2.45, 2.75) is 13.8 Å². The molecule has 0 aliphatic rings. The third kappa shape index (κ3) is 3.90. The number of hydrogen-bond donors (Lipinski definition) is 2. The summed E-state index contributed by atoms with van der Waals surface area (Å²) < 4.78 is 0. The van der Waals surface area contributed by atoms with Crippen LogP contribution in [0.4, 0.5) is 5.69 Å². The number of rotatable bonds is 3. The zero-order chi connectivity index (χ0) is 10.6. The summed E-state index contributed by atoms with van der Waals surface area (Å²) in [6.07, 6.45) is 0. The molecule has 0 aliphatic carbocycles. The monoisotopic (exact) mass is 228 g/mol. The van der Waals surface area contributed by atoms with E-state index >= 15 is 0 Å². The minimum atomic E-state index is -0.00935. The molecule has 0 heterocycles. The van der Waals surface area contributed by atoms with E-state index in [1.54, 1.807) is 7.05 Å². The number of aryl methyl sites for hydroxylation is 2. The zero-order valence-electron chi connectivity index (χ0n) is 9.26. The normalized spacial score (nSPS) is 9.27. The minimum absolute atomic E-state index is 0. The van der Waals surface area contributed by atoms with E-state index in [0.29, 0.717) is 6.54 Å². The molecule has 2 N–H and O–H groups in total. The van der Waals surface area contributed by atoms with E-state index in [9.17, 15) is 4.79 Å². The molecule has 0 saturated carbocycles. The number of anilines is 1. The molecule has 1 aromatic carbocycles. The van der Waals surface area contributed by atoms with Crippen LogP contribution < -0.4 is 10.6 Å². The van der Waals surface area contributed by atoms with Gasteiger partial charge in [-0.3, -0.25) is 4.79 Å². The van der Waals surface area contributed by atoms with Gasteiger partial charge in [-0.25, -0.2) is 0 Å². The van der Waals surface area contributed by atoms with Crippen molar-refractivity contribution in [3.05, 3.63) is 29.3 Å². The second kappa shape index (κ2) is 6.43. The minimum Gasteiger partial charge on any atom is -0.324 e. The van der Waals surface area contributed by atoms with Gasteiger partial charge in [0.1, 0.15) is 0 Å². The van der Waals surface area contributed by atoms with E-state index in [0.717, 1.165) is 16.8 Å². The van der Waals surface area contributed by atoms with E-state index < -0.39 is 0 Å². The lowest BCUT2D eigenvalue weighted by Crippen LogP contribution is -2.25. The van der Waals surface area contributed by atoms with Gasteiger partial charge < -0.3 is 10.6 Å². The fourth-order valence-electron chi connectivity index (χ4n) is 1.36. The summed E-state index contributed by atoms with van der Waals surface area (Å²) in [4.78, 5) is 11.3. The average Bonchev–Trinajstić information content (AvgIpc) is 2.12. The standard InChI is InChI=1S/C11H16N2O.ClH/c1-8-5-4-6-9(2)11(8)13-10(14)7-12-3;/h4-6,12H,7H2,1-3H3,(H,13,14);1H. The number of hydrogen-bond acceptors (Lipinski definition) is 2. The Balaban J connectivity index is 0.00000196. The summed E-state index contributed by atoms with van der Waals surface area (Å²) in [5.41, 5.74) is 3.11. The molecule has 0 fully saturated rings. The Labute approximate surface area is 96.7 Å². The Bertz CT molecular complexity index is 319. The molecule has 4 heteroatoms. The predicted molar refractivity (Wildman–Crippen MR) is 65.7 cm³/mol. The molecule has 84 valence electrons. The molecule has 3 nitrogen and oxygen atoms in total. The lowest BCUT2D eigenvalue weighted by Gasteiger charge is -2.10. The second-order valence-corrected chi connectivity index (χ2v) is 3.35. The molecule has 0 aromatic heterocycles. The van der Waals surface area contributed by atoms with Crippen LogP contribution in [0, 0.1) is 13.8 Å². The molecule has 1 amide bonds. The van der Waals surface area contributed by atoms with Crippen LogP contribution in [-0.2, 0) is 4.79 Å². The van der Waals surface area contributed by atoms with Crippen LogP contribution >= 0.6 is 12.4 Å². The van der Waals surface area contributed by atoms with Crippen LogP contribution in [0.2, 0.25) is 0 Å². The summed E-state index contributed by atoms with van der Waals surface area (Å²) in [6.45, 7) is 4.32. The molecule has 0 radical (unpaired) electrons. The lowest BCUT2D eigenvalue weighted by atomic mass is 10.1. The lowest BCUT2D eigenvalue weighted by molar-refractivity contribution is -0.115. The first-order chi connectivity index (χ1) is 6.65. The van der Waals surface area contributed by atoms with Crippen LogP contribution in [-0.4, -0.2) is 19.5 Å². The van der Waals surface area contributed by atoms with Gasteiger partial charge in [0, 0.05) is 5.69 Å². The third-order valence-corrected chi connectivity index (χ3v) is 2.08. The highest BCUT2D eigenvalue weighted by Crippen LogP contribution is 2.18. The highest BCUT2D eigenvalue weighted by molar-refractivity contribution is 5.93. The summed E-state index contributed by atoms with van der Waals surface area (Å²) >= 11 is 0. The second-order valence-electron chi connectivity index (χ2n) is 3.35. The first kappa shape index (κ1) is 13.9. The predicted octanol–water partition coefficient (Wildman–Crippen LogP) is 1.88. The van der Waals surface area contributed by atoms with Crippen LogP contribution in [0.25, 0.3) is 0 Å². The van der Waals surface area contributed by atoms with E-state index in [4.69, 9.17) is 0 Å². The van der Waals surface area contributed by atoms with Crippen molar-refractivity contribution in [1.82, 2.24) is 5.32 Å². The number of amides is 1. The number of benzene rings is 1. The highest BCUT2D eigenvalue weighted by Gasteiger charge is 2.05. The van der Waals surface area contributed by atoms with Crippen LogP contribution in [0.5, 0.6) is 0 Å². The van der Waals surface area contributed by atoms with Crippen LogP contribution in [0.15, 0.2) is 18.2 Å². The Kier molecular flexibility index (Phi) is 5.97. The van der Waals surface area contributed by atoms with Crippen molar-refractivity contribution < 1.29 is 4.79 Å². The molecule has 0 aliphatic heterocycles. The average molecular weight is 229 g/mol. The number of halogens is 1. The van der Waals surface area contributed by atoms with Crippen molar-refractivity contribution in [2.75, 3.05) is 18.9 Å². The fraction of sp³-hybridized carbons (Fsp3) is 0.364. The van der Waals surface area contributed by atoms with Crippen molar-refractivity contribution >= 4 is 24.0 Å². The smallest absolute Gasteiger partial charge is 0.238 e. The molecule has 0 saturated heterocycles. The van der Waals surface area contributed by atoms with E-state index in [2.05, 4.69) is 10.6 Å². The third-order valence-electron chi connectivity index (χ3n) is 2.08. The fourth-order valence-corrected chi connectivity index (χ4v) is 1.36. The Morgan fingerprint density at radius 2 is 1.80 bits per heavy atom. The summed E-state index contributed by atoms with van der Waals surface area (Å²) in [5.74, 6) is -0.00935. The maximum absolute atomic E-state index is 11.3. The largest absolute Gasteiger partial charge is 0.324 e. The molecule has 0 atom stereocenters. The van der Waals surface area contributed by atoms with Gasteiger partial charge in [-0.1, -0.05) is 18.2 Å². The quantitative estimate of drug-likeness (QED) is 0.830. The molecule has 0 unspecified atom stereocenters. The maximum Gasteiger partial charge on any atom is 0.238 e. The van der Waals surface area contributed by atoms with Crippen LogP contribution in [0.1, 0.15) is 11.1 Å². The molecular weight excluding hydrogens is 212 g/mol. The number of para-hydroxylation sites is 1. The van der Waals surface area contributed by atoms with Crippen molar-refractivity contribution in [3.63, 3.8) is 0 Å². The Morgan fingerprint density at radius 1 is 1.27 bits per heavy atom. The van der Waals surface area contributed by atoms with Gasteiger partial charge in [0.15, 0.2) is 0 Å². The number of likely N-dealkylation sites (N-methyl/N-ethyl adjacent to an activating group) is 1. The van der Waals surface area contributed by atoms with E-state index in [1.165, 1.54) is 0 Å². The van der Waals surface area contributed by atoms with E-state index in [-0.39, 0.29) is 18.3 Å². The van der Waals surface area contributed by atoms with Gasteiger partial charge in [0.25, 0.3) is 0 Å². The summed E-state index contributed by atoms with van der Waals surface area (Å²) in [5, 5.41) is 5.69. The summed E-state index contributed by atoms with van der Waals surface area (Å²) in [7, 11) is 1.75. The number of carbonyl (C=O) groups is 1. The maximum atomic E-state index is 11.3. The molecule has 1 aromatic rings. The van der Waals surface area contributed by atoms with Crippen molar-refractivity contribution in [2.24, 2.45) is 0 Å². The van der Waals surface area contributed by atoms with Gasteiger partial charge in [0.2, 0.25) is 5.91 Å². The summed E-state index contributed by atoms with van der Waals surface area (Å²) in [6, 6.07) is 5.96. The molecular formula is C11H17ClN2O. The van der Waals surface area contributed by atoms with E-state index in [1.807, 2.05) is 32.0 Å². The van der Waals surface area contributed by atoms with Gasteiger partial charge in [-0.2, -0.15) is 0 Å². The number of nitrogens with one attached hydrogen (secondary N) is 2. The van der Waals surface area contributed by atoms with Crippen molar-refractivity contribution in [1.29, 1.82) is 0 Å². The zero-order valence-corrected chi connectivity index (χ0v) is 10.1. The molecule has 0 spiro atoms. The molecule has 15 heavy (non-hydrogen) atoms. The Hall–Kier alpha value is -1.06. The van der Waals surface area contributed by atoms with Gasteiger partial charge in [-0.15, -0.1) is 12.4 Å². The number of carbonyl (C=O) groups excluding carboxylic acids is 1. The first-order valence-electron chi connectivity index (χ1n) is 4.66. The van der Waals surface area contributed by atoms with Gasteiger partial charge in [-0.05, 0) is 32.0 Å².